The molecule has 2 nitrogen and oxygen atoms in total. The van der Waals surface area contributed by atoms with Gasteiger partial charge in [-0.05, 0) is 37.5 Å². The van der Waals surface area contributed by atoms with E-state index < -0.39 is 0 Å². The molecule has 1 heterocycles. The second-order valence-corrected chi connectivity index (χ2v) is 4.00. The summed E-state index contributed by atoms with van der Waals surface area (Å²) in [5.74, 6) is 0.835. The van der Waals surface area contributed by atoms with Gasteiger partial charge in [-0.15, -0.1) is 0 Å². The number of aromatic nitrogens is 1. The number of halogens is 1. The minimum absolute atomic E-state index is 0.676. The standard InChI is InChI=1S/C12H16BrNO/c1-3-15-12-7-11(8-14-9-12)10(2)5-4-6-13/h5,7-9H,3-4,6H2,1-2H3/b10-5+. The lowest BCUT2D eigenvalue weighted by Gasteiger charge is -2.05. The molecular formula is C12H16BrNO. The van der Waals surface area contributed by atoms with Crippen LogP contribution in [0.1, 0.15) is 25.8 Å². The predicted molar refractivity (Wildman–Crippen MR) is 67.5 cm³/mol. The first-order valence-corrected chi connectivity index (χ1v) is 6.21. The van der Waals surface area contributed by atoms with Gasteiger partial charge in [-0.3, -0.25) is 4.98 Å². The molecule has 0 saturated heterocycles. The highest BCUT2D eigenvalue weighted by Gasteiger charge is 1.98. The zero-order valence-electron chi connectivity index (χ0n) is 9.16. The van der Waals surface area contributed by atoms with Crippen molar-refractivity contribution in [2.75, 3.05) is 11.9 Å². The van der Waals surface area contributed by atoms with E-state index in [0.29, 0.717) is 6.61 Å². The smallest absolute Gasteiger partial charge is 0.138 e. The molecule has 0 aliphatic carbocycles. The maximum atomic E-state index is 5.40. The highest BCUT2D eigenvalue weighted by Crippen LogP contribution is 2.18. The van der Waals surface area contributed by atoms with Gasteiger partial charge < -0.3 is 4.74 Å². The van der Waals surface area contributed by atoms with E-state index in [2.05, 4.69) is 33.9 Å². The van der Waals surface area contributed by atoms with Gasteiger partial charge >= 0.3 is 0 Å². The Labute approximate surface area is 99.5 Å². The summed E-state index contributed by atoms with van der Waals surface area (Å²) in [6, 6.07) is 2.02. The maximum Gasteiger partial charge on any atom is 0.138 e. The van der Waals surface area contributed by atoms with Crippen molar-refractivity contribution in [1.82, 2.24) is 4.98 Å². The third-order valence-electron chi connectivity index (χ3n) is 2.04. The average Bonchev–Trinajstić information content (AvgIpc) is 2.27. The van der Waals surface area contributed by atoms with Crippen molar-refractivity contribution in [3.63, 3.8) is 0 Å². The Hall–Kier alpha value is -0.830. The molecule has 0 fully saturated rings. The molecule has 0 radical (unpaired) electrons. The number of hydrogen-bond acceptors (Lipinski definition) is 2. The maximum absolute atomic E-state index is 5.40. The molecule has 3 heteroatoms. The van der Waals surface area contributed by atoms with Gasteiger partial charge in [0.1, 0.15) is 5.75 Å². The monoisotopic (exact) mass is 269 g/mol. The number of pyridine rings is 1. The van der Waals surface area contributed by atoms with Crippen molar-refractivity contribution in [2.45, 2.75) is 20.3 Å². The Kier molecular flexibility index (Phi) is 5.40. The number of nitrogens with zero attached hydrogens (tertiary/aromatic N) is 1. The van der Waals surface area contributed by atoms with Gasteiger partial charge in [-0.2, -0.15) is 0 Å². The Morgan fingerprint density at radius 1 is 1.53 bits per heavy atom. The molecule has 0 bridgehead atoms. The first-order chi connectivity index (χ1) is 7.27. The van der Waals surface area contributed by atoms with E-state index in [1.807, 2.05) is 19.2 Å². The van der Waals surface area contributed by atoms with Crippen LogP contribution < -0.4 is 4.74 Å². The summed E-state index contributed by atoms with van der Waals surface area (Å²) in [6.07, 6.45) is 6.83. The quantitative estimate of drug-likeness (QED) is 0.761. The summed E-state index contributed by atoms with van der Waals surface area (Å²) in [5, 5.41) is 0.989. The molecule has 0 spiro atoms. The van der Waals surface area contributed by atoms with Crippen molar-refractivity contribution in [1.29, 1.82) is 0 Å². The molecule has 0 aliphatic rings. The zero-order chi connectivity index (χ0) is 11.1. The molecule has 0 aliphatic heterocycles. The van der Waals surface area contributed by atoms with Crippen LogP contribution in [0.2, 0.25) is 0 Å². The van der Waals surface area contributed by atoms with Gasteiger partial charge in [0.25, 0.3) is 0 Å². The lowest BCUT2D eigenvalue weighted by atomic mass is 10.1. The van der Waals surface area contributed by atoms with Crippen LogP contribution in [0.4, 0.5) is 0 Å². The number of ether oxygens (including phenoxy) is 1. The van der Waals surface area contributed by atoms with Gasteiger partial charge in [0.05, 0.1) is 12.8 Å². The van der Waals surface area contributed by atoms with Crippen LogP contribution in [-0.2, 0) is 0 Å². The average molecular weight is 270 g/mol. The fourth-order valence-electron chi connectivity index (χ4n) is 1.27. The highest BCUT2D eigenvalue weighted by atomic mass is 79.9. The molecule has 0 amide bonds. The second kappa shape index (κ2) is 6.62. The van der Waals surface area contributed by atoms with Crippen molar-refractivity contribution in [3.8, 4) is 5.75 Å². The zero-order valence-corrected chi connectivity index (χ0v) is 10.8. The minimum Gasteiger partial charge on any atom is -0.492 e. The van der Waals surface area contributed by atoms with Gasteiger partial charge in [0.15, 0.2) is 0 Å². The van der Waals surface area contributed by atoms with E-state index in [4.69, 9.17) is 4.74 Å². The van der Waals surface area contributed by atoms with Crippen molar-refractivity contribution in [2.24, 2.45) is 0 Å². The Balaban J connectivity index is 2.80. The highest BCUT2D eigenvalue weighted by molar-refractivity contribution is 9.09. The van der Waals surface area contributed by atoms with Gasteiger partial charge in [-0.25, -0.2) is 0 Å². The third-order valence-corrected chi connectivity index (χ3v) is 2.50. The summed E-state index contributed by atoms with van der Waals surface area (Å²) in [6.45, 7) is 4.74. The summed E-state index contributed by atoms with van der Waals surface area (Å²) in [5.41, 5.74) is 2.37. The fourth-order valence-corrected chi connectivity index (χ4v) is 1.50. The van der Waals surface area contributed by atoms with E-state index in [9.17, 15) is 0 Å². The summed E-state index contributed by atoms with van der Waals surface area (Å²) >= 11 is 3.40. The van der Waals surface area contributed by atoms with Crippen LogP contribution in [-0.4, -0.2) is 16.9 Å². The van der Waals surface area contributed by atoms with Crippen LogP contribution >= 0.6 is 15.9 Å². The molecule has 1 rings (SSSR count). The van der Waals surface area contributed by atoms with Crippen LogP contribution in [0.5, 0.6) is 5.75 Å². The molecule has 15 heavy (non-hydrogen) atoms. The number of hydrogen-bond donors (Lipinski definition) is 0. The predicted octanol–water partition coefficient (Wildman–Crippen LogP) is 3.67. The molecule has 0 N–H and O–H groups in total. The normalized spacial score (nSPS) is 11.5. The van der Waals surface area contributed by atoms with E-state index in [0.717, 1.165) is 23.1 Å². The molecule has 0 unspecified atom stereocenters. The minimum atomic E-state index is 0.676. The lowest BCUT2D eigenvalue weighted by Crippen LogP contribution is -1.93. The third kappa shape index (κ3) is 4.04. The van der Waals surface area contributed by atoms with Crippen LogP contribution in [0, 0.1) is 0 Å². The topological polar surface area (TPSA) is 22.1 Å². The second-order valence-electron chi connectivity index (χ2n) is 3.21. The van der Waals surface area contributed by atoms with Crippen molar-refractivity contribution >= 4 is 21.5 Å². The van der Waals surface area contributed by atoms with Gasteiger partial charge in [-0.1, -0.05) is 22.0 Å². The van der Waals surface area contributed by atoms with E-state index in [1.165, 1.54) is 5.57 Å². The fraction of sp³-hybridized carbons (Fsp3) is 0.417. The molecule has 82 valence electrons. The molecule has 0 saturated carbocycles. The Morgan fingerprint density at radius 2 is 2.33 bits per heavy atom. The first kappa shape index (κ1) is 12.2. The Morgan fingerprint density at radius 3 is 3.00 bits per heavy atom. The first-order valence-electron chi connectivity index (χ1n) is 5.09. The lowest BCUT2D eigenvalue weighted by molar-refractivity contribution is 0.339. The number of alkyl halides is 1. The molecule has 0 aromatic carbocycles. The summed E-state index contributed by atoms with van der Waals surface area (Å²) in [7, 11) is 0. The van der Waals surface area contributed by atoms with Crippen LogP contribution in [0.3, 0.4) is 0 Å². The van der Waals surface area contributed by atoms with E-state index in [1.54, 1.807) is 6.20 Å². The largest absolute Gasteiger partial charge is 0.492 e. The summed E-state index contributed by atoms with van der Waals surface area (Å²) < 4.78 is 5.40. The van der Waals surface area contributed by atoms with E-state index >= 15 is 0 Å². The van der Waals surface area contributed by atoms with Crippen LogP contribution in [0.25, 0.3) is 5.57 Å². The van der Waals surface area contributed by atoms with Gasteiger partial charge in [0, 0.05) is 11.5 Å². The molecule has 0 atom stereocenters. The Bertz CT molecular complexity index is 336. The van der Waals surface area contributed by atoms with Gasteiger partial charge in [0.2, 0.25) is 0 Å². The van der Waals surface area contributed by atoms with Crippen LogP contribution in [0.15, 0.2) is 24.5 Å². The number of allylic oxidation sites excluding steroid dienone is 2. The van der Waals surface area contributed by atoms with E-state index in [-0.39, 0.29) is 0 Å². The summed E-state index contributed by atoms with van der Waals surface area (Å²) in [4.78, 5) is 4.15. The van der Waals surface area contributed by atoms with Crippen molar-refractivity contribution in [3.05, 3.63) is 30.1 Å². The number of rotatable bonds is 5. The molecule has 1 aromatic rings. The van der Waals surface area contributed by atoms with Crippen molar-refractivity contribution < 1.29 is 4.74 Å². The SMILES string of the molecule is CCOc1cncc(/C(C)=C/CCBr)c1. The molecular weight excluding hydrogens is 254 g/mol. The molecule has 1 aromatic heterocycles.